The van der Waals surface area contributed by atoms with E-state index in [1.807, 2.05) is 29.2 Å². The number of ether oxygens (including phenoxy) is 1. The predicted molar refractivity (Wildman–Crippen MR) is 100 cm³/mol. The smallest absolute Gasteiger partial charge is 0.233 e. The van der Waals surface area contributed by atoms with Crippen molar-refractivity contribution < 1.29 is 13.9 Å². The van der Waals surface area contributed by atoms with E-state index in [0.717, 1.165) is 29.9 Å². The van der Waals surface area contributed by atoms with Gasteiger partial charge >= 0.3 is 0 Å². The highest BCUT2D eigenvalue weighted by Gasteiger charge is 2.60. The zero-order chi connectivity index (χ0) is 18.4. The Balaban J connectivity index is 1.88. The highest BCUT2D eigenvalue weighted by Crippen LogP contribution is 2.55. The largest absolute Gasteiger partial charge is 0.468 e. The van der Waals surface area contributed by atoms with Gasteiger partial charge in [0.25, 0.3) is 0 Å². The van der Waals surface area contributed by atoms with Crippen LogP contribution in [-0.4, -0.2) is 37.6 Å². The van der Waals surface area contributed by atoms with E-state index >= 15 is 0 Å². The Morgan fingerprint density at radius 3 is 2.73 bits per heavy atom. The highest BCUT2D eigenvalue weighted by atomic mass is 16.5. The Labute approximate surface area is 155 Å². The molecule has 1 aromatic carbocycles. The maximum absolute atomic E-state index is 13.8. The Kier molecular flexibility index (Phi) is 4.19. The number of furan rings is 1. The quantitative estimate of drug-likeness (QED) is 0.844. The van der Waals surface area contributed by atoms with E-state index in [9.17, 15) is 4.79 Å². The van der Waals surface area contributed by atoms with Gasteiger partial charge in [0, 0.05) is 25.6 Å². The number of carbonyl (C=O) groups is 1. The average Bonchev–Trinajstić information content (AvgIpc) is 3.12. The standard InChI is InChI=1S/C22H27NO3/c1-21(2)18-9-11-23(12-14-25-3)20(24)22(18,17-7-5-4-6-8-17)15-16-10-13-26-19(16)21/h4-8,10,13,18H,9,11-12,14-15H2,1-3H3/t18-,22+/m0/s1. The van der Waals surface area contributed by atoms with Crippen molar-refractivity contribution in [2.75, 3.05) is 26.8 Å². The van der Waals surface area contributed by atoms with Gasteiger partial charge in [-0.1, -0.05) is 44.2 Å². The van der Waals surface area contributed by atoms with Gasteiger partial charge in [-0.3, -0.25) is 4.79 Å². The molecule has 1 aliphatic heterocycles. The van der Waals surface area contributed by atoms with E-state index in [0.29, 0.717) is 19.6 Å². The molecule has 0 spiro atoms. The zero-order valence-corrected chi connectivity index (χ0v) is 15.8. The maximum atomic E-state index is 13.8. The molecule has 2 atom stereocenters. The SMILES string of the molecule is COCCN1CC[C@H]2C(C)(C)c3occc3C[C@]2(c2ccccc2)C1=O. The molecule has 0 saturated carbocycles. The molecule has 2 aromatic rings. The van der Waals surface area contributed by atoms with Crippen LogP contribution in [0, 0.1) is 5.92 Å². The van der Waals surface area contributed by atoms with Gasteiger partial charge in [0.15, 0.2) is 0 Å². The topological polar surface area (TPSA) is 42.7 Å². The summed E-state index contributed by atoms with van der Waals surface area (Å²) in [6.45, 7) is 6.46. The van der Waals surface area contributed by atoms with Gasteiger partial charge in [-0.25, -0.2) is 0 Å². The van der Waals surface area contributed by atoms with Gasteiger partial charge in [-0.2, -0.15) is 0 Å². The molecule has 1 saturated heterocycles. The van der Waals surface area contributed by atoms with Crippen LogP contribution < -0.4 is 0 Å². The van der Waals surface area contributed by atoms with Crippen LogP contribution >= 0.6 is 0 Å². The van der Waals surface area contributed by atoms with E-state index < -0.39 is 5.41 Å². The third-order valence-corrected chi connectivity index (χ3v) is 6.48. The van der Waals surface area contributed by atoms with E-state index in [1.54, 1.807) is 13.4 Å². The first-order valence-corrected chi connectivity index (χ1v) is 9.42. The highest BCUT2D eigenvalue weighted by molar-refractivity contribution is 5.91. The second-order valence-corrected chi connectivity index (χ2v) is 8.14. The molecule has 4 nitrogen and oxygen atoms in total. The van der Waals surface area contributed by atoms with Gasteiger partial charge in [-0.05, 0) is 36.0 Å². The van der Waals surface area contributed by atoms with Crippen LogP contribution in [0.25, 0.3) is 0 Å². The molecule has 1 amide bonds. The number of methoxy groups -OCH3 is 1. The normalized spacial score (nSPS) is 27.1. The van der Waals surface area contributed by atoms with Crippen molar-refractivity contribution in [2.45, 2.75) is 37.5 Å². The molecule has 1 aliphatic carbocycles. The number of nitrogens with zero attached hydrogens (tertiary/aromatic N) is 1. The summed E-state index contributed by atoms with van der Waals surface area (Å²) < 4.78 is 11.1. The Morgan fingerprint density at radius 1 is 1.23 bits per heavy atom. The molecule has 0 radical (unpaired) electrons. The number of fused-ring (bicyclic) bond motifs is 2. The van der Waals surface area contributed by atoms with Crippen LogP contribution in [0.5, 0.6) is 0 Å². The van der Waals surface area contributed by atoms with Crippen LogP contribution in [0.4, 0.5) is 0 Å². The number of hydrogen-bond acceptors (Lipinski definition) is 3. The number of carbonyl (C=O) groups excluding carboxylic acids is 1. The van der Waals surface area contributed by atoms with Crippen molar-refractivity contribution in [3.05, 3.63) is 59.5 Å². The lowest BCUT2D eigenvalue weighted by molar-refractivity contribution is -0.148. The molecule has 0 N–H and O–H groups in total. The maximum Gasteiger partial charge on any atom is 0.233 e. The van der Waals surface area contributed by atoms with Crippen molar-refractivity contribution in [1.29, 1.82) is 0 Å². The minimum Gasteiger partial charge on any atom is -0.468 e. The second kappa shape index (κ2) is 6.27. The first-order chi connectivity index (χ1) is 12.5. The third-order valence-electron chi connectivity index (χ3n) is 6.48. The summed E-state index contributed by atoms with van der Waals surface area (Å²) in [4.78, 5) is 15.8. The molecule has 0 unspecified atom stereocenters. The molecule has 1 fully saturated rings. The fourth-order valence-electron chi connectivity index (χ4n) is 5.32. The summed E-state index contributed by atoms with van der Waals surface area (Å²) in [5.74, 6) is 1.49. The lowest BCUT2D eigenvalue weighted by Crippen LogP contribution is -2.63. The van der Waals surface area contributed by atoms with Gasteiger partial charge in [0.05, 0.1) is 18.3 Å². The van der Waals surface area contributed by atoms with E-state index in [1.165, 1.54) is 0 Å². The minimum absolute atomic E-state index is 0.185. The first-order valence-electron chi connectivity index (χ1n) is 9.42. The zero-order valence-electron chi connectivity index (χ0n) is 15.8. The number of hydrogen-bond donors (Lipinski definition) is 0. The molecule has 4 heteroatoms. The van der Waals surface area contributed by atoms with Crippen LogP contribution in [0.15, 0.2) is 47.1 Å². The second-order valence-electron chi connectivity index (χ2n) is 8.14. The molecule has 4 rings (SSSR count). The lowest BCUT2D eigenvalue weighted by Gasteiger charge is -2.55. The van der Waals surface area contributed by atoms with Crippen molar-refractivity contribution in [1.82, 2.24) is 4.90 Å². The van der Waals surface area contributed by atoms with E-state index in [-0.39, 0.29) is 17.2 Å². The molecular weight excluding hydrogens is 326 g/mol. The Morgan fingerprint density at radius 2 is 2.00 bits per heavy atom. The third kappa shape index (κ3) is 2.35. The number of benzene rings is 1. The Bertz CT molecular complexity index is 795. The fourth-order valence-corrected chi connectivity index (χ4v) is 5.32. The fraction of sp³-hybridized carbons (Fsp3) is 0.500. The van der Waals surface area contributed by atoms with Gasteiger partial charge in [0.1, 0.15) is 5.76 Å². The molecule has 26 heavy (non-hydrogen) atoms. The van der Waals surface area contributed by atoms with Gasteiger partial charge in [0.2, 0.25) is 5.91 Å². The predicted octanol–water partition coefficient (Wildman–Crippen LogP) is 3.55. The number of amides is 1. The molecule has 2 heterocycles. The van der Waals surface area contributed by atoms with Crippen LogP contribution in [-0.2, 0) is 26.8 Å². The lowest BCUT2D eigenvalue weighted by atomic mass is 9.51. The minimum atomic E-state index is -0.534. The summed E-state index contributed by atoms with van der Waals surface area (Å²) >= 11 is 0. The van der Waals surface area contributed by atoms with Crippen LogP contribution in [0.2, 0.25) is 0 Å². The average molecular weight is 353 g/mol. The monoisotopic (exact) mass is 353 g/mol. The summed E-state index contributed by atoms with van der Waals surface area (Å²) in [5, 5.41) is 0. The molecule has 138 valence electrons. The molecule has 2 aliphatic rings. The van der Waals surface area contributed by atoms with Crippen LogP contribution in [0.3, 0.4) is 0 Å². The van der Waals surface area contributed by atoms with Crippen molar-refractivity contribution in [3.63, 3.8) is 0 Å². The summed E-state index contributed by atoms with van der Waals surface area (Å²) in [6, 6.07) is 12.4. The van der Waals surface area contributed by atoms with Crippen molar-refractivity contribution in [2.24, 2.45) is 5.92 Å². The Hall–Kier alpha value is -2.07. The number of rotatable bonds is 4. The van der Waals surface area contributed by atoms with E-state index in [2.05, 4.69) is 26.0 Å². The van der Waals surface area contributed by atoms with E-state index in [4.69, 9.17) is 9.15 Å². The van der Waals surface area contributed by atoms with Gasteiger partial charge in [-0.15, -0.1) is 0 Å². The number of piperidine rings is 1. The van der Waals surface area contributed by atoms with Crippen molar-refractivity contribution >= 4 is 5.91 Å². The summed E-state index contributed by atoms with van der Waals surface area (Å²) in [7, 11) is 1.69. The first kappa shape index (κ1) is 17.3. The molecule has 1 aromatic heterocycles. The molecule has 0 bridgehead atoms. The number of likely N-dealkylation sites (tertiary alicyclic amines) is 1. The summed E-state index contributed by atoms with van der Waals surface area (Å²) in [5.41, 5.74) is 1.57. The summed E-state index contributed by atoms with van der Waals surface area (Å²) in [6.07, 6.45) is 3.45. The molecular formula is C22H27NO3. The van der Waals surface area contributed by atoms with Crippen LogP contribution in [0.1, 0.15) is 37.2 Å². The van der Waals surface area contributed by atoms with Crippen molar-refractivity contribution in [3.8, 4) is 0 Å². The van der Waals surface area contributed by atoms with Gasteiger partial charge < -0.3 is 14.1 Å².